The summed E-state index contributed by atoms with van der Waals surface area (Å²) in [6.45, 7) is 13.6. The average Bonchev–Trinajstić information content (AvgIpc) is 1.36. The number of fused-ring (bicyclic) bond motifs is 1. The van der Waals surface area contributed by atoms with E-state index in [9.17, 15) is 92.3 Å². The molecule has 5 aliphatic rings. The number of carbonyl (C=O) groups excluding carboxylic acids is 4. The van der Waals surface area contributed by atoms with Crippen LogP contribution in [-0.4, -0.2) is 270 Å². The number of sulfone groups is 1. The monoisotopic (exact) mass is 1890 g/mol. The number of allylic oxidation sites excluding steroid dienone is 1. The molecular weight excluding hydrogens is 1780 g/mol. The molecule has 7 aromatic rings. The number of nitro benzene ring substituents is 3. The van der Waals surface area contributed by atoms with Crippen molar-refractivity contribution < 1.29 is 110 Å². The number of amides is 3. The van der Waals surface area contributed by atoms with Crippen molar-refractivity contribution in [3.8, 4) is 11.5 Å². The highest BCUT2D eigenvalue weighted by molar-refractivity contribution is 7.92. The Bertz CT molecular complexity index is 5520. The van der Waals surface area contributed by atoms with E-state index in [1.165, 1.54) is 63.9 Å². The number of nitrogens with one attached hydrogen (secondary N) is 3. The van der Waals surface area contributed by atoms with Crippen molar-refractivity contribution >= 4 is 116 Å². The fourth-order valence-electron chi connectivity index (χ4n) is 14.9. The van der Waals surface area contributed by atoms with Crippen LogP contribution in [0.3, 0.4) is 0 Å². The molecule has 0 bridgehead atoms. The Hall–Kier alpha value is -10.5. The molecule has 129 heavy (non-hydrogen) atoms. The SMILES string of the molecule is COCC(=O)N1CCOC(CCCN)C1.COCC(=O)N1CCOC(CCCNc2ccc(S(=O)(=O)CC(=O)c3ccc(N4CCN(CC5=C(c6ccc(C(F)(F)F)cc6Cl)CC(C)(C)CC5)CC4)cc3Oc3cnc4[nH]ccc4c3)cc2[N+](=O)[O-])C1.COCC(=O)N1CCOC(CCCNc2ccc(S(N)(=O)=O)cc2[N+](=O)[O-])C1.NS(=O)(=O)c1ccc(F)c([N+](=O)[O-])c1. The van der Waals surface area contributed by atoms with E-state index in [0.29, 0.717) is 173 Å². The number of halogens is 5. The standard InChI is InChI=1S/C51H57ClF3N7O9S.C16H24N4O7S.C10H20N2O3.C6H5FN2O4S/c1-50(2)14-12-34(42(27-50)40-9-6-35(24-43(40)52)51(53,54)55)29-59-17-19-60(20-18-59)36-7-10-41(47(25-36)71-38-23-33-13-16-57-49(33)58-28-38)46(63)32-72(67,68)39-8-11-44(45(26-39)62(65)66)56-15-4-5-37-30-61(21-22-70-37)48(64)31-69-3;1-26-11-16(21)19-7-8-27-12(10-19)3-2-6-18-14-5-4-13(28(17,24)25)9-15(14)20(22)23;1-14-8-10(13)12-5-6-15-9(7-12)3-2-4-11;7-5-2-1-4(14(8,12)13)3-6(5)9(10)11/h6-11,13,16,23-26,28,37,56H,4-5,12,14-15,17-22,27,29-32H2,1-3H3,(H,57,58);4-5,9,12,18H,2-3,6-8,10-11H2,1H3,(H2,17,24,25);9H,2-8,11H2,1H3;1-3H,(H2,8,12,13). The zero-order chi connectivity index (χ0) is 94.1. The van der Waals surface area contributed by atoms with Crippen molar-refractivity contribution in [1.29, 1.82) is 0 Å². The number of carbonyl (C=O) groups is 4. The minimum absolute atomic E-state index is 0.0161. The van der Waals surface area contributed by atoms with Gasteiger partial charge < -0.3 is 74.1 Å². The number of methoxy groups -OCH3 is 3. The first-order chi connectivity index (χ1) is 61.1. The van der Waals surface area contributed by atoms with Crippen LogP contribution < -0.4 is 36.3 Å². The summed E-state index contributed by atoms with van der Waals surface area (Å²) < 4.78 is 163. The zero-order valence-electron chi connectivity index (χ0n) is 71.7. The van der Waals surface area contributed by atoms with E-state index in [0.717, 1.165) is 78.2 Å². The molecule has 0 spiro atoms. The molecule has 6 heterocycles. The molecule has 38 nitrogen and oxygen atoms in total. The number of sulfonamides is 2. The van der Waals surface area contributed by atoms with Gasteiger partial charge in [0.1, 0.15) is 54.1 Å². The third-order valence-corrected chi connectivity index (χ3v) is 25.4. The largest absolute Gasteiger partial charge is 0.455 e. The number of aromatic amines is 1. The number of ketones is 1. The van der Waals surface area contributed by atoms with E-state index in [4.69, 9.17) is 60.8 Å². The molecule has 46 heteroatoms. The average molecular weight is 1890 g/mol. The van der Waals surface area contributed by atoms with E-state index in [1.807, 2.05) is 6.07 Å². The smallest absolute Gasteiger partial charge is 0.416 e. The molecule has 2 aromatic heterocycles. The van der Waals surface area contributed by atoms with Crippen LogP contribution in [0.1, 0.15) is 93.1 Å². The highest BCUT2D eigenvalue weighted by Crippen LogP contribution is 2.46. The van der Waals surface area contributed by atoms with Crippen LogP contribution in [0.25, 0.3) is 16.6 Å². The van der Waals surface area contributed by atoms with E-state index in [2.05, 4.69) is 44.2 Å². The number of rotatable bonds is 34. The minimum Gasteiger partial charge on any atom is -0.455 e. The van der Waals surface area contributed by atoms with Crippen LogP contribution in [0.4, 0.5) is 51.7 Å². The number of alkyl halides is 3. The summed E-state index contributed by atoms with van der Waals surface area (Å²) in [5.41, 5.74) is 7.23. The van der Waals surface area contributed by atoms with E-state index in [-0.39, 0.29) is 99.6 Å². The Morgan fingerprint density at radius 2 is 1.13 bits per heavy atom. The van der Waals surface area contributed by atoms with Gasteiger partial charge in [-0.1, -0.05) is 37.1 Å². The van der Waals surface area contributed by atoms with E-state index >= 15 is 0 Å². The number of nitro groups is 3. The molecule has 4 fully saturated rings. The number of pyridine rings is 1. The Morgan fingerprint density at radius 1 is 0.636 bits per heavy atom. The summed E-state index contributed by atoms with van der Waals surface area (Å²) >= 11 is 6.55. The van der Waals surface area contributed by atoms with Gasteiger partial charge in [-0.25, -0.2) is 40.5 Å². The van der Waals surface area contributed by atoms with Crippen LogP contribution in [0.2, 0.25) is 5.02 Å². The lowest BCUT2D eigenvalue weighted by Gasteiger charge is -2.39. The molecule has 3 unspecified atom stereocenters. The second-order valence-corrected chi connectivity index (χ2v) is 37.1. The van der Waals surface area contributed by atoms with Gasteiger partial charge in [0.25, 0.3) is 11.4 Å². The number of aromatic nitrogens is 2. The summed E-state index contributed by atoms with van der Waals surface area (Å²) in [6, 6.07) is 21.1. The van der Waals surface area contributed by atoms with Crippen molar-refractivity contribution in [3.05, 3.63) is 179 Å². The Balaban J connectivity index is 0.000000264. The summed E-state index contributed by atoms with van der Waals surface area (Å²) in [7, 11) is -8.03. The van der Waals surface area contributed by atoms with Crippen molar-refractivity contribution in [1.82, 2.24) is 29.6 Å². The third kappa shape index (κ3) is 30.0. The van der Waals surface area contributed by atoms with Gasteiger partial charge in [0, 0.05) is 153 Å². The molecule has 0 radical (unpaired) electrons. The molecule has 0 saturated carbocycles. The number of primary sulfonamides is 2. The molecule has 1 aliphatic carbocycles. The molecule has 9 N–H and O–H groups in total. The molecule has 3 amide bonds. The number of Topliss-reactive ketones (excluding diaryl/α,β-unsaturated/α-hetero) is 1. The zero-order valence-corrected chi connectivity index (χ0v) is 74.9. The normalized spacial score (nSPS) is 17.5. The van der Waals surface area contributed by atoms with Gasteiger partial charge in [0.2, 0.25) is 43.6 Å². The molecular formula is C83H106ClF4N15O23S3. The number of hydrogen-bond acceptors (Lipinski definition) is 29. The van der Waals surface area contributed by atoms with Crippen molar-refractivity contribution in [2.24, 2.45) is 21.4 Å². The number of piperazine rings is 1. The predicted molar refractivity (Wildman–Crippen MR) is 469 cm³/mol. The molecule has 4 aliphatic heterocycles. The van der Waals surface area contributed by atoms with Gasteiger partial charge in [0.15, 0.2) is 15.6 Å². The van der Waals surface area contributed by atoms with Gasteiger partial charge in [0.05, 0.1) is 84.9 Å². The van der Waals surface area contributed by atoms with Crippen molar-refractivity contribution in [2.45, 2.75) is 111 Å². The van der Waals surface area contributed by atoms with Gasteiger partial charge in [-0.05, 0) is 154 Å². The second kappa shape index (κ2) is 46.8. The highest BCUT2D eigenvalue weighted by atomic mass is 35.5. The van der Waals surface area contributed by atoms with Crippen molar-refractivity contribution in [3.63, 3.8) is 0 Å². The van der Waals surface area contributed by atoms with E-state index < -0.39 is 94.9 Å². The van der Waals surface area contributed by atoms with Crippen LogP contribution in [0.15, 0.2) is 136 Å². The topological polar surface area (TPSA) is 512 Å². The van der Waals surface area contributed by atoms with Gasteiger partial charge >= 0.3 is 11.9 Å². The Morgan fingerprint density at radius 3 is 1.62 bits per heavy atom. The second-order valence-electron chi connectivity index (χ2n) is 31.6. The molecule has 5 aromatic carbocycles. The number of hydrogen-bond donors (Lipinski definition) is 6. The van der Waals surface area contributed by atoms with Crippen molar-refractivity contribution in [2.75, 3.05) is 174 Å². The third-order valence-electron chi connectivity index (χ3n) is 21.7. The molecule has 3 atom stereocenters. The lowest BCUT2D eigenvalue weighted by Crippen LogP contribution is -2.47. The number of benzene rings is 5. The summed E-state index contributed by atoms with van der Waals surface area (Å²) in [5.74, 6) is -2.67. The summed E-state index contributed by atoms with van der Waals surface area (Å²) in [5, 5.41) is 50.2. The quantitative estimate of drug-likeness (QED) is 0.00718. The first kappa shape index (κ1) is 102. The van der Waals surface area contributed by atoms with Gasteiger partial charge in [-0.15, -0.1) is 0 Å². The first-order valence-electron chi connectivity index (χ1n) is 41.0. The fraction of sp³-hybridized carbons (Fsp3) is 0.482. The molecule has 704 valence electrons. The van der Waals surface area contributed by atoms with Gasteiger partial charge in [-0.2, -0.15) is 17.6 Å². The number of ether oxygens (including phenoxy) is 7. The number of anilines is 3. The number of nitrogens with zero attached hydrogens (tertiary/aromatic N) is 9. The Kier molecular flexibility index (Phi) is 37.1. The van der Waals surface area contributed by atoms with Crippen LogP contribution in [0.5, 0.6) is 11.5 Å². The predicted octanol–water partition coefficient (Wildman–Crippen LogP) is 9.73. The first-order valence-corrected chi connectivity index (χ1v) is 46.2. The molecule has 4 saturated heterocycles. The Labute approximate surface area is 747 Å². The fourth-order valence-corrected chi connectivity index (χ4v) is 17.5. The molecule has 12 rings (SSSR count). The summed E-state index contributed by atoms with van der Waals surface area (Å²) in [6.07, 6.45) is 5.19. The van der Waals surface area contributed by atoms with Crippen LogP contribution in [0, 0.1) is 41.6 Å². The highest BCUT2D eigenvalue weighted by Gasteiger charge is 2.36. The van der Waals surface area contributed by atoms with Gasteiger partial charge in [-0.3, -0.25) is 54.4 Å². The van der Waals surface area contributed by atoms with Crippen LogP contribution in [-0.2, 0) is 78.9 Å². The van der Waals surface area contributed by atoms with E-state index in [1.54, 1.807) is 39.1 Å². The lowest BCUT2D eigenvalue weighted by atomic mass is 9.72. The lowest BCUT2D eigenvalue weighted by molar-refractivity contribution is -0.387. The number of nitrogens with two attached hydrogens (primary N) is 3. The number of morpholine rings is 3. The summed E-state index contributed by atoms with van der Waals surface area (Å²) in [4.78, 5) is 96.9. The maximum Gasteiger partial charge on any atom is 0.416 e. The minimum atomic E-state index is -4.50. The van der Waals surface area contributed by atoms with Crippen LogP contribution >= 0.6 is 11.6 Å². The maximum atomic E-state index is 14.1. The maximum absolute atomic E-state index is 14.1. The number of H-pyrrole nitrogens is 1.